The zero-order chi connectivity index (χ0) is 32.1. The van der Waals surface area contributed by atoms with E-state index in [9.17, 15) is 34.8 Å². The lowest BCUT2D eigenvalue weighted by atomic mass is 10.1. The van der Waals surface area contributed by atoms with Gasteiger partial charge in [-0.05, 0) is 75.3 Å². The predicted octanol–water partition coefficient (Wildman–Crippen LogP) is 7.14. The smallest absolute Gasteiger partial charge is 0.367 e. The second kappa shape index (κ2) is 11.7. The summed E-state index contributed by atoms with van der Waals surface area (Å²) in [6.45, 7) is -0.160. The van der Waals surface area contributed by atoms with Gasteiger partial charge in [0.2, 0.25) is 5.95 Å². The lowest BCUT2D eigenvalue weighted by Crippen LogP contribution is -2.42. The molecule has 2 atom stereocenters. The highest BCUT2D eigenvalue weighted by molar-refractivity contribution is 7.91. The molecule has 45 heavy (non-hydrogen) atoms. The van der Waals surface area contributed by atoms with Gasteiger partial charge in [-0.25, -0.2) is 22.8 Å². The lowest BCUT2D eigenvalue weighted by molar-refractivity contribution is -0.275. The maximum absolute atomic E-state index is 13.7. The maximum atomic E-state index is 13.7. The van der Waals surface area contributed by atoms with E-state index in [1.807, 2.05) is 11.4 Å². The number of alkyl halides is 5. The fourth-order valence-corrected chi connectivity index (χ4v) is 8.27. The first-order valence-corrected chi connectivity index (χ1v) is 16.7. The van der Waals surface area contributed by atoms with Crippen molar-refractivity contribution in [3.63, 3.8) is 0 Å². The van der Waals surface area contributed by atoms with Crippen LogP contribution in [0.15, 0.2) is 41.4 Å². The van der Waals surface area contributed by atoms with E-state index in [-0.39, 0.29) is 28.4 Å². The summed E-state index contributed by atoms with van der Waals surface area (Å²) in [7, 11) is -3.68. The van der Waals surface area contributed by atoms with Crippen LogP contribution in [-0.2, 0) is 9.84 Å². The molecule has 3 aromatic heterocycles. The third-order valence-electron chi connectivity index (χ3n) is 8.00. The van der Waals surface area contributed by atoms with E-state index >= 15 is 0 Å². The van der Waals surface area contributed by atoms with Crippen molar-refractivity contribution < 1.29 is 34.8 Å². The average Bonchev–Trinajstić information content (AvgIpc) is 3.57. The molecule has 3 heterocycles. The molecule has 0 unspecified atom stereocenters. The Labute approximate surface area is 258 Å². The van der Waals surface area contributed by atoms with E-state index in [2.05, 4.69) is 20.3 Å². The van der Waals surface area contributed by atoms with Crippen molar-refractivity contribution >= 4 is 43.2 Å². The van der Waals surface area contributed by atoms with Gasteiger partial charge < -0.3 is 10.6 Å². The maximum Gasteiger partial charge on any atom is 0.455 e. The number of thiazole rings is 1. The number of nitrogens with zero attached hydrogens (tertiary/aromatic N) is 4. The van der Waals surface area contributed by atoms with E-state index in [4.69, 9.17) is 4.98 Å². The van der Waals surface area contributed by atoms with Crippen LogP contribution in [0, 0.1) is 18.7 Å². The summed E-state index contributed by atoms with van der Waals surface area (Å²) in [4.78, 5) is 17.9. The number of hydrogen-bond acceptors (Lipinski definition) is 9. The number of hydrogen-bond donors (Lipinski definition) is 2. The van der Waals surface area contributed by atoms with E-state index in [1.54, 1.807) is 13.1 Å². The molecule has 0 spiro atoms. The van der Waals surface area contributed by atoms with Crippen molar-refractivity contribution in [2.24, 2.45) is 5.92 Å². The number of benzene rings is 1. The van der Waals surface area contributed by atoms with Crippen molar-refractivity contribution in [1.29, 1.82) is 0 Å². The molecule has 8 nitrogen and oxygen atoms in total. The van der Waals surface area contributed by atoms with Crippen LogP contribution in [0.3, 0.4) is 0 Å². The zero-order valence-electron chi connectivity index (χ0n) is 23.8. The van der Waals surface area contributed by atoms with Crippen LogP contribution in [0.1, 0.15) is 49.4 Å². The summed E-state index contributed by atoms with van der Waals surface area (Å²) >= 11 is 1.36. The molecule has 0 saturated heterocycles. The zero-order valence-corrected chi connectivity index (χ0v) is 25.5. The Balaban J connectivity index is 1.28. The van der Waals surface area contributed by atoms with Crippen LogP contribution in [0.5, 0.6) is 0 Å². The Kier molecular flexibility index (Phi) is 8.16. The number of nitrogens with one attached hydrogen (secondary N) is 2. The summed E-state index contributed by atoms with van der Waals surface area (Å²) in [5.74, 6) is -5.85. The molecule has 1 aromatic carbocycles. The van der Waals surface area contributed by atoms with Gasteiger partial charge >= 0.3 is 12.1 Å². The van der Waals surface area contributed by atoms with Gasteiger partial charge in [0.1, 0.15) is 22.2 Å². The van der Waals surface area contributed by atoms with E-state index < -0.39 is 40.2 Å². The van der Waals surface area contributed by atoms with Crippen LogP contribution in [0.25, 0.3) is 20.8 Å². The number of pyridine rings is 1. The summed E-state index contributed by atoms with van der Waals surface area (Å²) in [6, 6.07) is 6.19. The third-order valence-corrected chi connectivity index (χ3v) is 10.9. The second-order valence-corrected chi connectivity index (χ2v) is 14.6. The minimum Gasteiger partial charge on any atom is -0.367 e. The Bertz CT molecular complexity index is 1830. The normalized spacial score (nSPS) is 19.3. The first kappa shape index (κ1) is 31.5. The van der Waals surface area contributed by atoms with E-state index in [0.717, 1.165) is 40.9 Å². The van der Waals surface area contributed by atoms with Crippen molar-refractivity contribution in [1.82, 2.24) is 19.9 Å². The van der Waals surface area contributed by atoms with Crippen LogP contribution < -0.4 is 10.6 Å². The molecule has 0 bridgehead atoms. The molecule has 240 valence electrons. The number of halogens is 6. The van der Waals surface area contributed by atoms with Gasteiger partial charge in [-0.3, -0.25) is 4.98 Å². The number of fused-ring (bicyclic) bond motifs is 1. The fourth-order valence-electron chi connectivity index (χ4n) is 5.54. The minimum absolute atomic E-state index is 0.0243. The van der Waals surface area contributed by atoms with Gasteiger partial charge in [0, 0.05) is 18.2 Å². The number of rotatable bonds is 10. The van der Waals surface area contributed by atoms with Crippen LogP contribution in [-0.4, -0.2) is 58.8 Å². The van der Waals surface area contributed by atoms with Gasteiger partial charge in [-0.1, -0.05) is 0 Å². The summed E-state index contributed by atoms with van der Waals surface area (Å²) in [6.07, 6.45) is -0.487. The second-order valence-electron chi connectivity index (χ2n) is 11.5. The minimum atomic E-state index is -5.75. The third kappa shape index (κ3) is 6.71. The lowest BCUT2D eigenvalue weighted by Gasteiger charge is -2.21. The molecular formula is C29H28F6N6O2S2. The van der Waals surface area contributed by atoms with Gasteiger partial charge in [0.15, 0.2) is 9.84 Å². The van der Waals surface area contributed by atoms with Gasteiger partial charge in [-0.15, -0.1) is 11.3 Å². The van der Waals surface area contributed by atoms with E-state index in [1.165, 1.54) is 23.5 Å². The molecule has 2 fully saturated rings. The molecule has 0 aliphatic heterocycles. The van der Waals surface area contributed by atoms with Crippen molar-refractivity contribution in [2.45, 2.75) is 68.0 Å². The van der Waals surface area contributed by atoms with Gasteiger partial charge in [-0.2, -0.15) is 26.9 Å². The molecule has 6 rings (SSSR count). The number of aryl methyl sites for hydroxylation is 1. The topological polar surface area (TPSA) is 110 Å². The number of anilines is 2. The van der Waals surface area contributed by atoms with Crippen molar-refractivity contribution in [3.8, 4) is 10.6 Å². The Morgan fingerprint density at radius 2 is 1.71 bits per heavy atom. The molecule has 2 aliphatic carbocycles. The van der Waals surface area contributed by atoms with E-state index in [0.29, 0.717) is 41.4 Å². The van der Waals surface area contributed by atoms with Crippen molar-refractivity contribution in [3.05, 3.63) is 53.7 Å². The number of aromatic nitrogens is 4. The highest BCUT2D eigenvalue weighted by Gasteiger charge is 2.57. The van der Waals surface area contributed by atoms with Crippen LogP contribution >= 0.6 is 11.3 Å². The van der Waals surface area contributed by atoms with Gasteiger partial charge in [0.25, 0.3) is 0 Å². The molecule has 4 aromatic rings. The van der Waals surface area contributed by atoms with Crippen LogP contribution in [0.2, 0.25) is 0 Å². The van der Waals surface area contributed by atoms with Gasteiger partial charge in [0.05, 0.1) is 38.8 Å². The Hall–Kier alpha value is -3.53. The molecule has 16 heteroatoms. The fraction of sp³-hybridized carbons (Fsp3) is 0.448. The number of sulfone groups is 1. The first-order valence-electron chi connectivity index (χ1n) is 14.3. The highest BCUT2D eigenvalue weighted by Crippen LogP contribution is 2.45. The molecule has 2 aliphatic rings. The molecule has 2 N–H and O–H groups in total. The SMILES string of the molecule is Cc1nc(NCC(F)(F)C(F)(F)F)nc(N[C@H]2CC[C@@H](CS(=O)(=O)c3ccc(F)cc3)C2)c1-c1nc2c(C3CC3)nccc2s1. The van der Waals surface area contributed by atoms with Crippen LogP contribution in [0.4, 0.5) is 38.1 Å². The molecule has 0 amide bonds. The highest BCUT2D eigenvalue weighted by atomic mass is 32.2. The summed E-state index contributed by atoms with van der Waals surface area (Å²) < 4.78 is 106. The summed E-state index contributed by atoms with van der Waals surface area (Å²) in [5.41, 5.74) is 2.40. The average molecular weight is 671 g/mol. The van der Waals surface area contributed by atoms with Crippen molar-refractivity contribution in [2.75, 3.05) is 22.9 Å². The largest absolute Gasteiger partial charge is 0.455 e. The quantitative estimate of drug-likeness (QED) is 0.135. The molecule has 0 radical (unpaired) electrons. The monoisotopic (exact) mass is 670 g/mol. The summed E-state index contributed by atoms with van der Waals surface area (Å²) in [5, 5.41) is 5.84. The Morgan fingerprint density at radius 3 is 2.40 bits per heavy atom. The first-order chi connectivity index (χ1) is 21.2. The molecular weight excluding hydrogens is 642 g/mol. The predicted molar refractivity (Wildman–Crippen MR) is 158 cm³/mol. The Morgan fingerprint density at radius 1 is 0.978 bits per heavy atom. The molecule has 2 saturated carbocycles. The standard InChI is InChI=1S/C29H28F6N6O2S2/c1-15-22(26-40-24-21(44-26)10-11-36-23(24)17-3-4-17)25(41-27(38-15)37-14-28(31,32)29(33,34)35)39-19-7-2-16(12-19)13-45(42,43)20-8-5-18(30)6-9-20/h5-6,8-11,16-17,19H,2-4,7,12-14H2,1H3,(H2,37,38,39,41)/t16-,19+/m1/s1.